The number of rotatable bonds is 7. The Labute approximate surface area is 168 Å². The zero-order valence-corrected chi connectivity index (χ0v) is 16.1. The van der Waals surface area contributed by atoms with Crippen LogP contribution < -0.4 is 10.2 Å². The summed E-state index contributed by atoms with van der Waals surface area (Å²) >= 11 is 0. The molecule has 0 bridgehead atoms. The van der Waals surface area contributed by atoms with E-state index in [1.807, 2.05) is 12.1 Å². The zero-order valence-electron chi connectivity index (χ0n) is 16.1. The van der Waals surface area contributed by atoms with Crippen molar-refractivity contribution in [1.29, 1.82) is 0 Å². The van der Waals surface area contributed by atoms with Gasteiger partial charge < -0.3 is 14.7 Å². The van der Waals surface area contributed by atoms with Gasteiger partial charge in [-0.1, -0.05) is 23.4 Å². The molecule has 150 valence electrons. The van der Waals surface area contributed by atoms with Crippen LogP contribution in [0.4, 0.5) is 10.1 Å². The van der Waals surface area contributed by atoms with Crippen molar-refractivity contribution < 1.29 is 13.7 Å². The Hall–Kier alpha value is -3.22. The molecule has 6 nitrogen and oxygen atoms in total. The summed E-state index contributed by atoms with van der Waals surface area (Å²) in [6, 6.07) is 14.1. The lowest BCUT2D eigenvalue weighted by Crippen LogP contribution is -2.25. The first kappa shape index (κ1) is 19.1. The minimum Gasteiger partial charge on any atom is -0.371 e. The zero-order chi connectivity index (χ0) is 20.1. The van der Waals surface area contributed by atoms with E-state index in [0.717, 1.165) is 18.7 Å². The normalized spacial score (nSPS) is 13.6. The fraction of sp³-hybridized carbons (Fsp3) is 0.318. The summed E-state index contributed by atoms with van der Waals surface area (Å²) in [5, 5.41) is 6.88. The maximum absolute atomic E-state index is 13.0. The molecule has 0 atom stereocenters. The number of hydrogen-bond donors (Lipinski definition) is 1. The van der Waals surface area contributed by atoms with Crippen LogP contribution in [0.2, 0.25) is 0 Å². The van der Waals surface area contributed by atoms with Crippen LogP contribution in [0.25, 0.3) is 11.4 Å². The number of anilines is 1. The van der Waals surface area contributed by atoms with Crippen LogP contribution in [0.5, 0.6) is 0 Å². The fourth-order valence-electron chi connectivity index (χ4n) is 3.50. The lowest BCUT2D eigenvalue weighted by molar-refractivity contribution is -0.121. The number of nitrogens with one attached hydrogen (secondary N) is 1. The van der Waals surface area contributed by atoms with E-state index in [-0.39, 0.29) is 18.1 Å². The van der Waals surface area contributed by atoms with Gasteiger partial charge in [-0.05, 0) is 48.7 Å². The molecule has 1 N–H and O–H groups in total. The second kappa shape index (κ2) is 8.86. The Morgan fingerprint density at radius 2 is 1.86 bits per heavy atom. The van der Waals surface area contributed by atoms with Gasteiger partial charge >= 0.3 is 0 Å². The van der Waals surface area contributed by atoms with Crippen LogP contribution >= 0.6 is 0 Å². The molecule has 1 saturated heterocycles. The van der Waals surface area contributed by atoms with Gasteiger partial charge in [-0.25, -0.2) is 4.39 Å². The Bertz CT molecular complexity index is 965. The summed E-state index contributed by atoms with van der Waals surface area (Å²) in [6.45, 7) is 2.63. The number of para-hydroxylation sites is 1. The van der Waals surface area contributed by atoms with Crippen molar-refractivity contribution in [3.8, 4) is 11.4 Å². The quantitative estimate of drug-likeness (QED) is 0.661. The summed E-state index contributed by atoms with van der Waals surface area (Å²) in [5.41, 5.74) is 3.00. The Balaban J connectivity index is 1.29. The topological polar surface area (TPSA) is 71.3 Å². The highest BCUT2D eigenvalue weighted by Gasteiger charge is 2.16. The predicted molar refractivity (Wildman–Crippen MR) is 108 cm³/mol. The number of halogens is 1. The number of aryl methyl sites for hydroxylation is 1. The van der Waals surface area contributed by atoms with Gasteiger partial charge in [-0.2, -0.15) is 4.98 Å². The van der Waals surface area contributed by atoms with E-state index in [4.69, 9.17) is 4.52 Å². The maximum atomic E-state index is 13.0. The van der Waals surface area contributed by atoms with Crippen LogP contribution in [0, 0.1) is 5.82 Å². The number of carbonyl (C=O) groups excluding carboxylic acids is 1. The highest BCUT2D eigenvalue weighted by molar-refractivity contribution is 5.76. The highest BCUT2D eigenvalue weighted by Crippen LogP contribution is 2.24. The average molecular weight is 394 g/mol. The second-order valence-corrected chi connectivity index (χ2v) is 7.12. The first-order valence-corrected chi connectivity index (χ1v) is 9.87. The molecule has 3 aromatic rings. The summed E-state index contributed by atoms with van der Waals surface area (Å²) in [4.78, 5) is 18.9. The van der Waals surface area contributed by atoms with E-state index in [2.05, 4.69) is 32.5 Å². The molecule has 0 radical (unpaired) electrons. The number of carbonyl (C=O) groups is 1. The molecular formula is C22H23FN4O2. The second-order valence-electron chi connectivity index (χ2n) is 7.12. The number of nitrogens with zero attached hydrogens (tertiary/aromatic N) is 3. The Morgan fingerprint density at radius 3 is 2.66 bits per heavy atom. The molecule has 1 amide bonds. The van der Waals surface area contributed by atoms with Crippen molar-refractivity contribution in [2.45, 2.75) is 32.2 Å². The predicted octanol–water partition coefficient (Wildman–Crippen LogP) is 3.72. The summed E-state index contributed by atoms with van der Waals surface area (Å²) < 4.78 is 18.2. The van der Waals surface area contributed by atoms with Crippen molar-refractivity contribution in [2.24, 2.45) is 0 Å². The van der Waals surface area contributed by atoms with Crippen molar-refractivity contribution in [3.05, 3.63) is 65.8 Å². The molecule has 0 spiro atoms. The van der Waals surface area contributed by atoms with E-state index in [0.29, 0.717) is 30.2 Å². The first-order chi connectivity index (χ1) is 14.2. The smallest absolute Gasteiger partial charge is 0.227 e. The van der Waals surface area contributed by atoms with Crippen molar-refractivity contribution in [3.63, 3.8) is 0 Å². The third kappa shape index (κ3) is 4.80. The molecule has 1 aliphatic heterocycles. The molecule has 0 unspecified atom stereocenters. The standard InChI is InChI=1S/C22H23FN4O2/c23-18-9-7-16(8-10-18)22-25-21(29-26-22)12-11-20(28)24-15-17-5-1-2-6-19(17)27-13-3-4-14-27/h1-2,5-10H,3-4,11-15H2,(H,24,28). The molecule has 4 rings (SSSR count). The SMILES string of the molecule is O=C(CCc1nc(-c2ccc(F)cc2)no1)NCc1ccccc1N1CCCC1. The minimum absolute atomic E-state index is 0.0669. The monoisotopic (exact) mass is 394 g/mol. The number of amides is 1. The molecule has 1 aromatic heterocycles. The number of hydrogen-bond acceptors (Lipinski definition) is 5. The van der Waals surface area contributed by atoms with E-state index in [9.17, 15) is 9.18 Å². The van der Waals surface area contributed by atoms with Crippen LogP contribution in [-0.4, -0.2) is 29.1 Å². The summed E-state index contributed by atoms with van der Waals surface area (Å²) in [7, 11) is 0. The molecule has 1 aliphatic rings. The molecule has 2 heterocycles. The molecule has 0 aliphatic carbocycles. The van der Waals surface area contributed by atoms with E-state index in [1.165, 1.54) is 30.7 Å². The van der Waals surface area contributed by atoms with Gasteiger partial charge in [-0.3, -0.25) is 4.79 Å². The van der Waals surface area contributed by atoms with Gasteiger partial charge in [0.25, 0.3) is 0 Å². The minimum atomic E-state index is -0.319. The lowest BCUT2D eigenvalue weighted by atomic mass is 10.1. The summed E-state index contributed by atoms with van der Waals surface area (Å²) in [5.74, 6) is 0.389. The summed E-state index contributed by atoms with van der Waals surface area (Å²) in [6.07, 6.45) is 3.04. The Kier molecular flexibility index (Phi) is 5.84. The van der Waals surface area contributed by atoms with E-state index in [1.54, 1.807) is 12.1 Å². The van der Waals surface area contributed by atoms with Crippen LogP contribution in [-0.2, 0) is 17.8 Å². The van der Waals surface area contributed by atoms with Gasteiger partial charge in [0, 0.05) is 43.7 Å². The molecule has 0 saturated carbocycles. The molecule has 29 heavy (non-hydrogen) atoms. The van der Waals surface area contributed by atoms with Crippen LogP contribution in [0.15, 0.2) is 53.1 Å². The van der Waals surface area contributed by atoms with Gasteiger partial charge in [0.05, 0.1) is 0 Å². The number of aromatic nitrogens is 2. The van der Waals surface area contributed by atoms with E-state index < -0.39 is 0 Å². The largest absolute Gasteiger partial charge is 0.371 e. The van der Waals surface area contributed by atoms with Crippen molar-refractivity contribution in [2.75, 3.05) is 18.0 Å². The average Bonchev–Trinajstić information content (AvgIpc) is 3.44. The fourth-order valence-corrected chi connectivity index (χ4v) is 3.50. The van der Waals surface area contributed by atoms with Crippen LogP contribution in [0.1, 0.15) is 30.7 Å². The Morgan fingerprint density at radius 1 is 1.10 bits per heavy atom. The van der Waals surface area contributed by atoms with Gasteiger partial charge in [0.1, 0.15) is 5.82 Å². The maximum Gasteiger partial charge on any atom is 0.227 e. The van der Waals surface area contributed by atoms with Gasteiger partial charge in [-0.15, -0.1) is 0 Å². The van der Waals surface area contributed by atoms with E-state index >= 15 is 0 Å². The van der Waals surface area contributed by atoms with Crippen molar-refractivity contribution in [1.82, 2.24) is 15.5 Å². The van der Waals surface area contributed by atoms with Crippen LogP contribution in [0.3, 0.4) is 0 Å². The molecular weight excluding hydrogens is 371 g/mol. The van der Waals surface area contributed by atoms with Gasteiger partial charge in [0.15, 0.2) is 0 Å². The van der Waals surface area contributed by atoms with Gasteiger partial charge in [0.2, 0.25) is 17.6 Å². The third-order valence-electron chi connectivity index (χ3n) is 5.05. The molecule has 7 heteroatoms. The molecule has 2 aromatic carbocycles. The highest BCUT2D eigenvalue weighted by atomic mass is 19.1. The first-order valence-electron chi connectivity index (χ1n) is 9.87. The third-order valence-corrected chi connectivity index (χ3v) is 5.05. The number of benzene rings is 2. The molecule has 1 fully saturated rings. The lowest BCUT2D eigenvalue weighted by Gasteiger charge is -2.21. The van der Waals surface area contributed by atoms with Crippen molar-refractivity contribution >= 4 is 11.6 Å².